The molecule has 2 aromatic heterocycles. The van der Waals surface area contributed by atoms with Gasteiger partial charge in [0.2, 0.25) is 0 Å². The van der Waals surface area contributed by atoms with Crippen molar-refractivity contribution in [3.05, 3.63) is 72.2 Å². The first-order valence-electron chi connectivity index (χ1n) is 13.7. The number of nitrogens with zero attached hydrogens (tertiary/aromatic N) is 2. The normalized spacial score (nSPS) is 14.9. The van der Waals surface area contributed by atoms with Crippen molar-refractivity contribution in [2.45, 2.75) is 64.5 Å². The monoisotopic (exact) mass is 529 g/mol. The van der Waals surface area contributed by atoms with Gasteiger partial charge in [0.1, 0.15) is 17.8 Å². The zero-order chi connectivity index (χ0) is 27.4. The summed E-state index contributed by atoms with van der Waals surface area (Å²) in [5.74, 6) is 0.451. The molecule has 8 nitrogen and oxygen atoms in total. The standard InChI is InChI=1S/C31H35N3O5/c1-20(2)26(16-21-8-11-25(12-9-21)39-19-29(35)36)33-31(37)22-10-13-28-27(17-22)32-30(23-14-15-38-18-23)34(28)24-6-4-3-5-7-24/h8-15,17-18,20,24,26H,3-7,16,19H2,1-2H3,(H,33,37)(H,35,36)/t26-/m0/s1. The van der Waals surface area contributed by atoms with Crippen LogP contribution in [-0.2, 0) is 11.2 Å². The summed E-state index contributed by atoms with van der Waals surface area (Å²) in [5.41, 5.74) is 4.41. The lowest BCUT2D eigenvalue weighted by Gasteiger charge is -2.25. The van der Waals surface area contributed by atoms with Crippen LogP contribution in [0.1, 0.15) is 67.9 Å². The number of nitrogens with one attached hydrogen (secondary N) is 1. The number of hydrogen-bond acceptors (Lipinski definition) is 5. The number of carboxylic acid groups (broad SMARTS) is 1. The number of ether oxygens (including phenoxy) is 1. The molecule has 0 saturated heterocycles. The summed E-state index contributed by atoms with van der Waals surface area (Å²) in [6, 6.07) is 15.4. The summed E-state index contributed by atoms with van der Waals surface area (Å²) < 4.78 is 12.9. The lowest BCUT2D eigenvalue weighted by Crippen LogP contribution is -2.40. The molecule has 5 rings (SSSR count). The summed E-state index contributed by atoms with van der Waals surface area (Å²) in [6.07, 6.45) is 9.99. The van der Waals surface area contributed by atoms with E-state index in [1.54, 1.807) is 24.7 Å². The van der Waals surface area contributed by atoms with Crippen molar-refractivity contribution in [1.29, 1.82) is 0 Å². The molecule has 0 aliphatic heterocycles. The number of benzene rings is 2. The fraction of sp³-hybridized carbons (Fsp3) is 0.387. The molecule has 4 aromatic rings. The maximum absolute atomic E-state index is 13.4. The van der Waals surface area contributed by atoms with Gasteiger partial charge in [-0.15, -0.1) is 0 Å². The number of carboxylic acids is 1. The predicted molar refractivity (Wildman–Crippen MR) is 149 cm³/mol. The number of carbonyl (C=O) groups excluding carboxylic acids is 1. The van der Waals surface area contributed by atoms with Crippen molar-refractivity contribution in [2.75, 3.05) is 6.61 Å². The molecular weight excluding hydrogens is 494 g/mol. The fourth-order valence-corrected chi connectivity index (χ4v) is 5.37. The van der Waals surface area contributed by atoms with Gasteiger partial charge in [0, 0.05) is 17.6 Å². The zero-order valence-electron chi connectivity index (χ0n) is 22.4. The first-order valence-corrected chi connectivity index (χ1v) is 13.7. The van der Waals surface area contributed by atoms with E-state index < -0.39 is 5.97 Å². The van der Waals surface area contributed by atoms with Crippen molar-refractivity contribution in [3.8, 4) is 17.1 Å². The average molecular weight is 530 g/mol. The number of imidazole rings is 1. The van der Waals surface area contributed by atoms with Crippen molar-refractivity contribution in [1.82, 2.24) is 14.9 Å². The highest BCUT2D eigenvalue weighted by atomic mass is 16.5. The van der Waals surface area contributed by atoms with Gasteiger partial charge in [-0.3, -0.25) is 4.79 Å². The van der Waals surface area contributed by atoms with Crippen molar-refractivity contribution < 1.29 is 23.8 Å². The largest absolute Gasteiger partial charge is 0.482 e. The Balaban J connectivity index is 1.35. The maximum Gasteiger partial charge on any atom is 0.341 e. The lowest BCUT2D eigenvalue weighted by molar-refractivity contribution is -0.139. The molecule has 2 heterocycles. The first-order chi connectivity index (χ1) is 18.9. The molecule has 0 bridgehead atoms. The van der Waals surface area contributed by atoms with Gasteiger partial charge in [0.05, 0.1) is 22.9 Å². The number of hydrogen-bond donors (Lipinski definition) is 2. The minimum absolute atomic E-state index is 0.0831. The van der Waals surface area contributed by atoms with Crippen molar-refractivity contribution >= 4 is 22.9 Å². The molecule has 2 N–H and O–H groups in total. The van der Waals surface area contributed by atoms with Crippen molar-refractivity contribution in [2.24, 2.45) is 5.92 Å². The fourth-order valence-electron chi connectivity index (χ4n) is 5.37. The van der Waals surface area contributed by atoms with Gasteiger partial charge in [-0.1, -0.05) is 45.2 Å². The van der Waals surface area contributed by atoms with Crippen LogP contribution in [0.4, 0.5) is 0 Å². The summed E-state index contributed by atoms with van der Waals surface area (Å²) in [6.45, 7) is 3.79. The molecule has 0 unspecified atom stereocenters. The Hall–Kier alpha value is -4.07. The molecular formula is C31H35N3O5. The number of carbonyl (C=O) groups is 2. The van der Waals surface area contributed by atoms with Gasteiger partial charge in [0.25, 0.3) is 5.91 Å². The summed E-state index contributed by atoms with van der Waals surface area (Å²) in [4.78, 5) is 29.1. The highest BCUT2D eigenvalue weighted by Crippen LogP contribution is 2.36. The molecule has 1 aliphatic carbocycles. The van der Waals surface area contributed by atoms with Gasteiger partial charge < -0.3 is 24.1 Å². The number of furan rings is 1. The highest BCUT2D eigenvalue weighted by molar-refractivity contribution is 5.98. The number of aromatic nitrogens is 2. The third-order valence-electron chi connectivity index (χ3n) is 7.53. The third kappa shape index (κ3) is 6.16. The lowest BCUT2D eigenvalue weighted by atomic mass is 9.95. The highest BCUT2D eigenvalue weighted by Gasteiger charge is 2.24. The van der Waals surface area contributed by atoms with E-state index in [4.69, 9.17) is 19.2 Å². The molecule has 39 heavy (non-hydrogen) atoms. The van der Waals surface area contributed by atoms with Crippen molar-refractivity contribution in [3.63, 3.8) is 0 Å². The molecule has 8 heteroatoms. The third-order valence-corrected chi connectivity index (χ3v) is 7.53. The second-order valence-corrected chi connectivity index (χ2v) is 10.7. The van der Waals surface area contributed by atoms with Gasteiger partial charge in [-0.25, -0.2) is 9.78 Å². The predicted octanol–water partition coefficient (Wildman–Crippen LogP) is 6.26. The van der Waals surface area contributed by atoms with Crippen LogP contribution in [0, 0.1) is 5.92 Å². The molecule has 1 amide bonds. The Morgan fingerprint density at radius 3 is 2.54 bits per heavy atom. The molecule has 204 valence electrons. The van der Waals surface area contributed by atoms with E-state index in [0.29, 0.717) is 23.8 Å². The molecule has 0 spiro atoms. The summed E-state index contributed by atoms with van der Waals surface area (Å²) >= 11 is 0. The Labute approximate surface area is 228 Å². The van der Waals surface area contributed by atoms with Gasteiger partial charge >= 0.3 is 5.97 Å². The van der Waals surface area contributed by atoms with E-state index in [1.165, 1.54) is 19.3 Å². The quantitative estimate of drug-likeness (QED) is 0.251. The minimum atomic E-state index is -1.02. The van der Waals surface area contributed by atoms with Gasteiger partial charge in [-0.2, -0.15) is 0 Å². The number of aliphatic carboxylic acids is 1. The van der Waals surface area contributed by atoms with Gasteiger partial charge in [-0.05, 0) is 67.1 Å². The minimum Gasteiger partial charge on any atom is -0.482 e. The van der Waals surface area contributed by atoms with Crippen LogP contribution in [0.5, 0.6) is 5.75 Å². The topological polar surface area (TPSA) is 107 Å². The molecule has 1 fully saturated rings. The van der Waals surface area contributed by atoms with E-state index in [1.807, 2.05) is 36.4 Å². The van der Waals surface area contributed by atoms with Gasteiger partial charge in [0.15, 0.2) is 6.61 Å². The van der Waals surface area contributed by atoms with Crippen LogP contribution in [0.25, 0.3) is 22.4 Å². The second-order valence-electron chi connectivity index (χ2n) is 10.7. The molecule has 0 radical (unpaired) electrons. The second kappa shape index (κ2) is 11.8. The van der Waals surface area contributed by atoms with Crippen LogP contribution < -0.4 is 10.1 Å². The average Bonchev–Trinajstić information content (AvgIpc) is 3.60. The van der Waals surface area contributed by atoms with Crippen LogP contribution in [0.2, 0.25) is 0 Å². The Morgan fingerprint density at radius 1 is 1.10 bits per heavy atom. The Morgan fingerprint density at radius 2 is 1.87 bits per heavy atom. The smallest absolute Gasteiger partial charge is 0.341 e. The maximum atomic E-state index is 13.4. The SMILES string of the molecule is CC(C)[C@H](Cc1ccc(OCC(=O)O)cc1)NC(=O)c1ccc2c(c1)nc(-c1ccoc1)n2C1CCCCC1. The van der Waals surface area contributed by atoms with E-state index >= 15 is 0 Å². The van der Waals surface area contributed by atoms with E-state index in [2.05, 4.69) is 23.7 Å². The van der Waals surface area contributed by atoms with E-state index in [9.17, 15) is 9.59 Å². The zero-order valence-corrected chi connectivity index (χ0v) is 22.4. The van der Waals surface area contributed by atoms with E-state index in [0.717, 1.165) is 40.8 Å². The number of amides is 1. The van der Waals surface area contributed by atoms with Crippen LogP contribution in [0.3, 0.4) is 0 Å². The van der Waals surface area contributed by atoms with Crippen LogP contribution >= 0.6 is 0 Å². The number of rotatable bonds is 10. The number of fused-ring (bicyclic) bond motifs is 1. The molecule has 1 atom stereocenters. The molecule has 1 saturated carbocycles. The Kier molecular flexibility index (Phi) is 8.00. The summed E-state index contributed by atoms with van der Waals surface area (Å²) in [7, 11) is 0. The first kappa shape index (κ1) is 26.5. The molecule has 1 aliphatic rings. The van der Waals surface area contributed by atoms with Crippen LogP contribution in [-0.4, -0.2) is 39.2 Å². The molecule has 2 aromatic carbocycles. The van der Waals surface area contributed by atoms with Crippen LogP contribution in [0.15, 0.2) is 65.5 Å². The Bertz CT molecular complexity index is 1420. The summed E-state index contributed by atoms with van der Waals surface area (Å²) in [5, 5.41) is 12.0. The van der Waals surface area contributed by atoms with E-state index in [-0.39, 0.29) is 24.5 Å².